The summed E-state index contributed by atoms with van der Waals surface area (Å²) in [4.78, 5) is 17.1. The lowest BCUT2D eigenvalue weighted by Gasteiger charge is -2.22. The summed E-state index contributed by atoms with van der Waals surface area (Å²) in [6.45, 7) is 1.97. The molecule has 4 rings (SSSR count). The van der Waals surface area contributed by atoms with E-state index in [-0.39, 0.29) is 17.9 Å². The average Bonchev–Trinajstić information content (AvgIpc) is 3.46. The van der Waals surface area contributed by atoms with Crippen molar-refractivity contribution in [2.24, 2.45) is 5.92 Å². The molecule has 0 bridgehead atoms. The highest BCUT2D eigenvalue weighted by molar-refractivity contribution is 7.09. The number of rotatable bonds is 5. The number of halogens is 1. The van der Waals surface area contributed by atoms with E-state index in [0.29, 0.717) is 5.92 Å². The van der Waals surface area contributed by atoms with Crippen LogP contribution in [0, 0.1) is 18.7 Å². The number of urea groups is 1. The zero-order valence-corrected chi connectivity index (χ0v) is 14.3. The first kappa shape index (κ1) is 15.6. The molecule has 126 valence electrons. The van der Waals surface area contributed by atoms with Gasteiger partial charge in [-0.1, -0.05) is 12.1 Å². The SMILES string of the molecule is Cc1csc([C@@H](NC(=O)NC2(c3cccc(F)c3)CC2)C2CC2)n1. The molecule has 2 saturated carbocycles. The molecular weight excluding hydrogens is 325 g/mol. The number of nitrogens with one attached hydrogen (secondary N) is 2. The topological polar surface area (TPSA) is 54.0 Å². The van der Waals surface area contributed by atoms with Crippen LogP contribution in [0.4, 0.5) is 9.18 Å². The summed E-state index contributed by atoms with van der Waals surface area (Å²) in [5.74, 6) is 0.209. The Morgan fingerprint density at radius 1 is 1.42 bits per heavy atom. The van der Waals surface area contributed by atoms with Crippen molar-refractivity contribution < 1.29 is 9.18 Å². The predicted octanol–water partition coefficient (Wildman–Crippen LogP) is 4.03. The lowest BCUT2D eigenvalue weighted by atomic mass is 10.1. The number of benzene rings is 1. The lowest BCUT2D eigenvalue weighted by Crippen LogP contribution is -2.44. The molecule has 1 aromatic heterocycles. The number of carbonyl (C=O) groups excluding carboxylic acids is 1. The number of nitrogens with zero attached hydrogens (tertiary/aromatic N) is 1. The molecule has 2 amide bonds. The number of aromatic nitrogens is 1. The summed E-state index contributed by atoms with van der Waals surface area (Å²) in [6.07, 6.45) is 3.93. The van der Waals surface area contributed by atoms with Gasteiger partial charge in [0.05, 0.1) is 11.6 Å². The van der Waals surface area contributed by atoms with E-state index < -0.39 is 5.54 Å². The highest BCUT2D eigenvalue weighted by Crippen LogP contribution is 2.46. The predicted molar refractivity (Wildman–Crippen MR) is 91.3 cm³/mol. The third-order valence-corrected chi connectivity index (χ3v) is 5.81. The Bertz CT molecular complexity index is 767. The Morgan fingerprint density at radius 2 is 2.21 bits per heavy atom. The third kappa shape index (κ3) is 3.15. The van der Waals surface area contributed by atoms with Gasteiger partial charge in [0, 0.05) is 11.1 Å². The monoisotopic (exact) mass is 345 g/mol. The zero-order valence-electron chi connectivity index (χ0n) is 13.5. The van der Waals surface area contributed by atoms with E-state index in [2.05, 4.69) is 15.6 Å². The van der Waals surface area contributed by atoms with Crippen LogP contribution < -0.4 is 10.6 Å². The summed E-state index contributed by atoms with van der Waals surface area (Å²) < 4.78 is 13.5. The number of aryl methyl sites for hydroxylation is 1. The van der Waals surface area contributed by atoms with E-state index in [0.717, 1.165) is 41.9 Å². The van der Waals surface area contributed by atoms with Crippen molar-refractivity contribution in [3.8, 4) is 0 Å². The molecule has 2 aromatic rings. The molecule has 0 radical (unpaired) electrons. The Labute approximate surface area is 144 Å². The van der Waals surface area contributed by atoms with Crippen molar-refractivity contribution in [2.75, 3.05) is 0 Å². The molecule has 24 heavy (non-hydrogen) atoms. The number of hydrogen-bond donors (Lipinski definition) is 2. The highest BCUT2D eigenvalue weighted by Gasteiger charge is 2.46. The fourth-order valence-corrected chi connectivity index (χ4v) is 4.06. The van der Waals surface area contributed by atoms with Crippen LogP contribution in [0.2, 0.25) is 0 Å². The second-order valence-corrected chi connectivity index (χ2v) is 7.72. The van der Waals surface area contributed by atoms with E-state index in [1.807, 2.05) is 18.4 Å². The van der Waals surface area contributed by atoms with Crippen LogP contribution in [-0.4, -0.2) is 11.0 Å². The quantitative estimate of drug-likeness (QED) is 0.859. The minimum atomic E-state index is -0.418. The Hall–Kier alpha value is -1.95. The molecule has 1 heterocycles. The molecule has 0 spiro atoms. The first-order valence-electron chi connectivity index (χ1n) is 8.32. The van der Waals surface area contributed by atoms with Crippen molar-refractivity contribution in [1.82, 2.24) is 15.6 Å². The lowest BCUT2D eigenvalue weighted by molar-refractivity contribution is 0.230. The second kappa shape index (κ2) is 5.84. The Balaban J connectivity index is 1.46. The molecule has 2 aliphatic rings. The summed E-state index contributed by atoms with van der Waals surface area (Å²) in [7, 11) is 0. The first-order valence-corrected chi connectivity index (χ1v) is 9.20. The summed E-state index contributed by atoms with van der Waals surface area (Å²) in [6, 6.07) is 6.28. The maximum Gasteiger partial charge on any atom is 0.316 e. The van der Waals surface area contributed by atoms with Crippen LogP contribution in [-0.2, 0) is 5.54 Å². The molecule has 2 fully saturated rings. The van der Waals surface area contributed by atoms with Gasteiger partial charge in [-0.2, -0.15) is 0 Å². The summed E-state index contributed by atoms with van der Waals surface area (Å²) in [5, 5.41) is 9.14. The smallest absolute Gasteiger partial charge is 0.316 e. The van der Waals surface area contributed by atoms with Crippen LogP contribution in [0.1, 0.15) is 48.0 Å². The van der Waals surface area contributed by atoms with Gasteiger partial charge in [0.15, 0.2) is 0 Å². The van der Waals surface area contributed by atoms with Gasteiger partial charge in [0.25, 0.3) is 0 Å². The normalized spacial score (nSPS) is 19.6. The van der Waals surface area contributed by atoms with Gasteiger partial charge in [-0.25, -0.2) is 14.2 Å². The maximum absolute atomic E-state index is 13.5. The summed E-state index contributed by atoms with van der Waals surface area (Å²) in [5.41, 5.74) is 1.41. The largest absolute Gasteiger partial charge is 0.329 e. The molecule has 2 N–H and O–H groups in total. The van der Waals surface area contributed by atoms with E-state index in [9.17, 15) is 9.18 Å². The van der Waals surface area contributed by atoms with Crippen LogP contribution in [0.25, 0.3) is 0 Å². The van der Waals surface area contributed by atoms with Crippen molar-refractivity contribution >= 4 is 17.4 Å². The van der Waals surface area contributed by atoms with Gasteiger partial charge in [-0.05, 0) is 56.2 Å². The number of thiazole rings is 1. The number of amides is 2. The molecular formula is C18H20FN3OS. The van der Waals surface area contributed by atoms with Crippen molar-refractivity contribution in [3.05, 3.63) is 51.7 Å². The van der Waals surface area contributed by atoms with Crippen LogP contribution >= 0.6 is 11.3 Å². The maximum atomic E-state index is 13.5. The minimum Gasteiger partial charge on any atom is -0.329 e. The molecule has 1 aromatic carbocycles. The van der Waals surface area contributed by atoms with Gasteiger partial charge in [0.1, 0.15) is 10.8 Å². The highest BCUT2D eigenvalue weighted by atomic mass is 32.1. The van der Waals surface area contributed by atoms with Gasteiger partial charge >= 0.3 is 6.03 Å². The van der Waals surface area contributed by atoms with Gasteiger partial charge in [0.2, 0.25) is 0 Å². The van der Waals surface area contributed by atoms with Crippen molar-refractivity contribution in [1.29, 1.82) is 0 Å². The second-order valence-electron chi connectivity index (χ2n) is 6.83. The number of hydrogen-bond acceptors (Lipinski definition) is 3. The molecule has 0 unspecified atom stereocenters. The standard InChI is InChI=1S/C18H20FN3OS/c1-11-10-24-16(20-11)15(12-5-6-12)21-17(23)22-18(7-8-18)13-3-2-4-14(19)9-13/h2-4,9-10,12,15H,5-8H2,1H3,(H2,21,22,23)/t15-/m0/s1. The van der Waals surface area contributed by atoms with Crippen LogP contribution in [0.3, 0.4) is 0 Å². The van der Waals surface area contributed by atoms with E-state index in [4.69, 9.17) is 0 Å². The van der Waals surface area contributed by atoms with Crippen LogP contribution in [0.5, 0.6) is 0 Å². The molecule has 0 saturated heterocycles. The third-order valence-electron chi connectivity index (χ3n) is 4.76. The molecule has 2 aliphatic carbocycles. The van der Waals surface area contributed by atoms with Crippen molar-refractivity contribution in [2.45, 2.75) is 44.2 Å². The van der Waals surface area contributed by atoms with Crippen LogP contribution in [0.15, 0.2) is 29.6 Å². The van der Waals surface area contributed by atoms with Crippen molar-refractivity contribution in [3.63, 3.8) is 0 Å². The van der Waals surface area contributed by atoms with E-state index in [1.54, 1.807) is 17.4 Å². The van der Waals surface area contributed by atoms with Gasteiger partial charge < -0.3 is 10.6 Å². The summed E-state index contributed by atoms with van der Waals surface area (Å²) >= 11 is 1.60. The van der Waals surface area contributed by atoms with E-state index in [1.165, 1.54) is 12.1 Å². The fraction of sp³-hybridized carbons (Fsp3) is 0.444. The Morgan fingerprint density at radius 3 is 2.79 bits per heavy atom. The van der Waals surface area contributed by atoms with Gasteiger partial charge in [-0.15, -0.1) is 11.3 Å². The molecule has 0 aliphatic heterocycles. The molecule has 6 heteroatoms. The average molecular weight is 345 g/mol. The minimum absolute atomic E-state index is 0.0213. The Kier molecular flexibility index (Phi) is 3.79. The molecule has 1 atom stereocenters. The molecule has 4 nitrogen and oxygen atoms in total. The zero-order chi connectivity index (χ0) is 16.7. The first-order chi connectivity index (χ1) is 11.6. The van der Waals surface area contributed by atoms with Gasteiger partial charge in [-0.3, -0.25) is 0 Å². The van der Waals surface area contributed by atoms with E-state index >= 15 is 0 Å². The fourth-order valence-electron chi connectivity index (χ4n) is 3.12. The number of carbonyl (C=O) groups is 1.